The largest absolute Gasteiger partial charge is 0.345 e. The number of benzene rings is 3. The monoisotopic (exact) mass is 408 g/mol. The van der Waals surface area contributed by atoms with E-state index < -0.39 is 17.7 Å². The molecule has 3 aromatic rings. The Kier molecular flexibility index (Phi) is 6.63. The predicted molar refractivity (Wildman–Crippen MR) is 109 cm³/mol. The summed E-state index contributed by atoms with van der Waals surface area (Å²) in [5, 5.41) is 11.7. The van der Waals surface area contributed by atoms with Crippen LogP contribution < -0.4 is 5.32 Å². The molecule has 6 heteroatoms. The van der Waals surface area contributed by atoms with Crippen molar-refractivity contribution in [1.82, 2.24) is 5.32 Å². The molecule has 3 rings (SSSR count). The zero-order valence-corrected chi connectivity index (χ0v) is 16.5. The first-order valence-electron chi connectivity index (χ1n) is 8.94. The van der Waals surface area contributed by atoms with Gasteiger partial charge < -0.3 is 5.32 Å². The molecule has 0 saturated carbocycles. The summed E-state index contributed by atoms with van der Waals surface area (Å²) in [6, 6.07) is 19.7. The van der Waals surface area contributed by atoms with Crippen molar-refractivity contribution in [2.75, 3.05) is 0 Å². The van der Waals surface area contributed by atoms with Crippen molar-refractivity contribution in [3.05, 3.63) is 101 Å². The van der Waals surface area contributed by atoms with E-state index >= 15 is 0 Å². The first-order chi connectivity index (χ1) is 14.0. The van der Waals surface area contributed by atoms with Crippen LogP contribution in [-0.4, -0.2) is 5.91 Å². The highest BCUT2D eigenvalue weighted by Gasteiger charge is 2.16. The lowest BCUT2D eigenvalue weighted by atomic mass is 10.1. The molecule has 3 nitrogen and oxygen atoms in total. The van der Waals surface area contributed by atoms with Gasteiger partial charge in [-0.05, 0) is 54.4 Å². The topological polar surface area (TPSA) is 52.9 Å². The average molecular weight is 408 g/mol. The van der Waals surface area contributed by atoms with Gasteiger partial charge in [0.1, 0.15) is 0 Å². The van der Waals surface area contributed by atoms with Gasteiger partial charge in [0.2, 0.25) is 0 Å². The number of amides is 1. The predicted octanol–water partition coefficient (Wildman–Crippen LogP) is 5.62. The van der Waals surface area contributed by atoms with Crippen LogP contribution in [0, 0.1) is 23.0 Å². The van der Waals surface area contributed by atoms with Crippen molar-refractivity contribution in [3.8, 4) is 6.07 Å². The molecule has 1 amide bonds. The highest BCUT2D eigenvalue weighted by molar-refractivity contribution is 7.98. The second-order valence-corrected chi connectivity index (χ2v) is 7.48. The van der Waals surface area contributed by atoms with Gasteiger partial charge >= 0.3 is 0 Å². The third-order valence-electron chi connectivity index (χ3n) is 4.40. The summed E-state index contributed by atoms with van der Waals surface area (Å²) in [5.41, 5.74) is 2.64. The molecule has 0 aliphatic heterocycles. The van der Waals surface area contributed by atoms with Gasteiger partial charge in [-0.3, -0.25) is 4.79 Å². The third-order valence-corrected chi connectivity index (χ3v) is 5.54. The van der Waals surface area contributed by atoms with Crippen molar-refractivity contribution >= 4 is 17.7 Å². The molecule has 1 unspecified atom stereocenters. The smallest absolute Gasteiger partial charge is 0.252 e. The van der Waals surface area contributed by atoms with Crippen LogP contribution in [0.25, 0.3) is 0 Å². The molecule has 3 aromatic carbocycles. The molecule has 1 atom stereocenters. The van der Waals surface area contributed by atoms with Crippen LogP contribution in [0.2, 0.25) is 0 Å². The van der Waals surface area contributed by atoms with E-state index in [0.29, 0.717) is 22.4 Å². The minimum atomic E-state index is -0.943. The maximum atomic E-state index is 13.5. The SMILES string of the molecule is CC(NC(=O)c1ccccc1SCc1ccc(C#N)cc1)c1ccc(F)c(F)c1. The third kappa shape index (κ3) is 5.21. The van der Waals surface area contributed by atoms with Crippen molar-refractivity contribution in [2.45, 2.75) is 23.6 Å². The second-order valence-electron chi connectivity index (χ2n) is 6.46. The van der Waals surface area contributed by atoms with Gasteiger partial charge in [-0.25, -0.2) is 8.78 Å². The Hall–Kier alpha value is -3.17. The first-order valence-corrected chi connectivity index (χ1v) is 9.93. The number of carbonyl (C=O) groups is 1. The van der Waals surface area contributed by atoms with E-state index in [4.69, 9.17) is 5.26 Å². The van der Waals surface area contributed by atoms with Crippen molar-refractivity contribution < 1.29 is 13.6 Å². The van der Waals surface area contributed by atoms with Gasteiger partial charge in [-0.15, -0.1) is 11.8 Å². The number of rotatable bonds is 6. The van der Waals surface area contributed by atoms with Crippen LogP contribution in [0.3, 0.4) is 0 Å². The Balaban J connectivity index is 1.70. The van der Waals surface area contributed by atoms with E-state index in [-0.39, 0.29) is 5.91 Å². The number of hydrogen-bond acceptors (Lipinski definition) is 3. The van der Waals surface area contributed by atoms with E-state index in [2.05, 4.69) is 11.4 Å². The molecule has 0 radical (unpaired) electrons. The lowest BCUT2D eigenvalue weighted by Crippen LogP contribution is -2.27. The molecular formula is C23H18F2N2OS. The summed E-state index contributed by atoms with van der Waals surface area (Å²) < 4.78 is 26.6. The molecule has 0 spiro atoms. The number of carbonyl (C=O) groups excluding carboxylic acids is 1. The summed E-state index contributed by atoms with van der Waals surface area (Å²) in [7, 11) is 0. The highest BCUT2D eigenvalue weighted by Crippen LogP contribution is 2.27. The lowest BCUT2D eigenvalue weighted by Gasteiger charge is -2.16. The van der Waals surface area contributed by atoms with Gasteiger partial charge in [0.15, 0.2) is 11.6 Å². The summed E-state index contributed by atoms with van der Waals surface area (Å²) in [6.07, 6.45) is 0. The van der Waals surface area contributed by atoms with Gasteiger partial charge in [-0.1, -0.05) is 30.3 Å². The van der Waals surface area contributed by atoms with E-state index in [1.54, 1.807) is 31.2 Å². The fourth-order valence-electron chi connectivity index (χ4n) is 2.76. The summed E-state index contributed by atoms with van der Waals surface area (Å²) in [6.45, 7) is 1.72. The number of nitrogens with one attached hydrogen (secondary N) is 1. The molecule has 29 heavy (non-hydrogen) atoms. The molecule has 1 N–H and O–H groups in total. The maximum Gasteiger partial charge on any atom is 0.252 e. The lowest BCUT2D eigenvalue weighted by molar-refractivity contribution is 0.0937. The summed E-state index contributed by atoms with van der Waals surface area (Å²) in [4.78, 5) is 13.6. The Morgan fingerprint density at radius 2 is 1.79 bits per heavy atom. The van der Waals surface area contributed by atoms with Gasteiger partial charge in [0, 0.05) is 10.6 Å². The molecule has 146 valence electrons. The minimum Gasteiger partial charge on any atom is -0.345 e. The standard InChI is InChI=1S/C23H18F2N2OS/c1-15(18-10-11-20(24)21(25)12-18)27-23(28)19-4-2-3-5-22(19)29-14-17-8-6-16(13-26)7-9-17/h2-12,15H,14H2,1H3,(H,27,28). The zero-order valence-electron chi connectivity index (χ0n) is 15.7. The van der Waals surface area contributed by atoms with Gasteiger partial charge in [0.05, 0.1) is 23.2 Å². The molecule has 0 fully saturated rings. The van der Waals surface area contributed by atoms with Crippen LogP contribution in [0.1, 0.15) is 40.0 Å². The van der Waals surface area contributed by atoms with E-state index in [1.165, 1.54) is 17.8 Å². The van der Waals surface area contributed by atoms with Gasteiger partial charge in [0.25, 0.3) is 5.91 Å². The molecule has 0 aliphatic rings. The summed E-state index contributed by atoms with van der Waals surface area (Å²) >= 11 is 1.52. The van der Waals surface area contributed by atoms with Crippen molar-refractivity contribution in [1.29, 1.82) is 5.26 Å². The van der Waals surface area contributed by atoms with Crippen LogP contribution in [-0.2, 0) is 5.75 Å². The van der Waals surface area contributed by atoms with Crippen LogP contribution in [0.15, 0.2) is 71.6 Å². The number of nitrogens with zero attached hydrogens (tertiary/aromatic N) is 1. The van der Waals surface area contributed by atoms with Crippen molar-refractivity contribution in [2.24, 2.45) is 0 Å². The van der Waals surface area contributed by atoms with Crippen molar-refractivity contribution in [3.63, 3.8) is 0 Å². The van der Waals surface area contributed by atoms with Gasteiger partial charge in [-0.2, -0.15) is 5.26 Å². The highest BCUT2D eigenvalue weighted by atomic mass is 32.2. The Labute approximate surface area is 172 Å². The minimum absolute atomic E-state index is 0.287. The molecular weight excluding hydrogens is 390 g/mol. The Bertz CT molecular complexity index is 1060. The number of thioether (sulfide) groups is 1. The normalized spacial score (nSPS) is 11.5. The molecule has 0 aromatic heterocycles. The number of hydrogen-bond donors (Lipinski definition) is 1. The van der Waals surface area contributed by atoms with E-state index in [0.717, 1.165) is 22.6 Å². The zero-order chi connectivity index (χ0) is 20.8. The Morgan fingerprint density at radius 3 is 2.48 bits per heavy atom. The van der Waals surface area contributed by atoms with Crippen LogP contribution in [0.4, 0.5) is 8.78 Å². The van der Waals surface area contributed by atoms with E-state index in [1.807, 2.05) is 24.3 Å². The number of halogens is 2. The fraction of sp³-hybridized carbons (Fsp3) is 0.130. The fourth-order valence-corrected chi connectivity index (χ4v) is 3.76. The Morgan fingerprint density at radius 1 is 1.07 bits per heavy atom. The quantitative estimate of drug-likeness (QED) is 0.539. The summed E-state index contributed by atoms with van der Waals surface area (Å²) in [5.74, 6) is -1.50. The number of nitriles is 1. The van der Waals surface area contributed by atoms with Crippen LogP contribution in [0.5, 0.6) is 0 Å². The molecule has 0 saturated heterocycles. The first kappa shape index (κ1) is 20.6. The maximum absolute atomic E-state index is 13.5. The molecule has 0 aliphatic carbocycles. The molecule has 0 bridgehead atoms. The van der Waals surface area contributed by atoms with Crippen LogP contribution >= 0.6 is 11.8 Å². The molecule has 0 heterocycles. The average Bonchev–Trinajstić information content (AvgIpc) is 2.74. The van der Waals surface area contributed by atoms with E-state index in [9.17, 15) is 13.6 Å². The second kappa shape index (κ2) is 9.35.